The molecule has 26 heavy (non-hydrogen) atoms. The predicted octanol–water partition coefficient (Wildman–Crippen LogP) is 2.49. The van der Waals surface area contributed by atoms with E-state index in [4.69, 9.17) is 10.8 Å². The fourth-order valence-corrected chi connectivity index (χ4v) is 2.55. The zero-order chi connectivity index (χ0) is 18.8. The van der Waals surface area contributed by atoms with Gasteiger partial charge in [-0.05, 0) is 48.5 Å². The second-order valence-electron chi connectivity index (χ2n) is 5.50. The van der Waals surface area contributed by atoms with Crippen molar-refractivity contribution in [3.63, 3.8) is 0 Å². The minimum absolute atomic E-state index is 0.0240. The Labute approximate surface area is 146 Å². The Morgan fingerprint density at radius 2 is 1.65 bits per heavy atom. The Morgan fingerprint density at radius 1 is 0.962 bits per heavy atom. The van der Waals surface area contributed by atoms with Gasteiger partial charge in [0.25, 0.3) is 5.56 Å². The third-order valence-electron chi connectivity index (χ3n) is 3.83. The Morgan fingerprint density at radius 3 is 2.31 bits per heavy atom. The average molecular weight is 352 g/mol. The second-order valence-corrected chi connectivity index (χ2v) is 5.50. The third kappa shape index (κ3) is 3.10. The van der Waals surface area contributed by atoms with Crippen LogP contribution in [-0.4, -0.2) is 21.4 Å². The summed E-state index contributed by atoms with van der Waals surface area (Å²) >= 11 is 0. The minimum Gasteiger partial charge on any atom is -0.478 e. The van der Waals surface area contributed by atoms with E-state index in [0.29, 0.717) is 0 Å². The number of ketones is 1. The summed E-state index contributed by atoms with van der Waals surface area (Å²) in [7, 11) is 0. The van der Waals surface area contributed by atoms with E-state index in [2.05, 4.69) is 0 Å². The highest BCUT2D eigenvalue weighted by Gasteiger charge is 2.17. The van der Waals surface area contributed by atoms with E-state index in [9.17, 15) is 18.8 Å². The lowest BCUT2D eigenvalue weighted by atomic mass is 10.0. The second kappa shape index (κ2) is 6.64. The van der Waals surface area contributed by atoms with Gasteiger partial charge in [-0.15, -0.1) is 0 Å². The smallest absolute Gasteiger partial charge is 0.335 e. The lowest BCUT2D eigenvalue weighted by molar-refractivity contribution is 0.0696. The lowest BCUT2D eigenvalue weighted by Gasteiger charge is -2.13. The van der Waals surface area contributed by atoms with Crippen molar-refractivity contribution in [2.45, 2.75) is 0 Å². The molecule has 0 saturated carbocycles. The van der Waals surface area contributed by atoms with Crippen LogP contribution in [0, 0.1) is 5.82 Å². The lowest BCUT2D eigenvalue weighted by Crippen LogP contribution is -2.23. The number of pyridine rings is 1. The van der Waals surface area contributed by atoms with Crippen molar-refractivity contribution in [3.05, 3.63) is 93.5 Å². The quantitative estimate of drug-likeness (QED) is 0.702. The molecule has 7 heteroatoms. The van der Waals surface area contributed by atoms with Crippen LogP contribution >= 0.6 is 0 Å². The van der Waals surface area contributed by atoms with Crippen LogP contribution in [0.1, 0.15) is 26.3 Å². The van der Waals surface area contributed by atoms with Crippen molar-refractivity contribution in [1.29, 1.82) is 0 Å². The van der Waals surface area contributed by atoms with Gasteiger partial charge in [0, 0.05) is 11.6 Å². The van der Waals surface area contributed by atoms with Crippen molar-refractivity contribution in [3.8, 4) is 5.69 Å². The van der Waals surface area contributed by atoms with Crippen LogP contribution in [0.3, 0.4) is 0 Å². The highest BCUT2D eigenvalue weighted by molar-refractivity contribution is 6.11. The molecule has 0 aliphatic carbocycles. The number of anilines is 1. The van der Waals surface area contributed by atoms with Crippen LogP contribution < -0.4 is 11.3 Å². The molecule has 2 aromatic carbocycles. The topological polar surface area (TPSA) is 102 Å². The molecule has 0 bridgehead atoms. The molecule has 1 heterocycles. The number of aromatic carboxylic acids is 1. The number of aromatic nitrogens is 1. The van der Waals surface area contributed by atoms with E-state index in [-0.39, 0.29) is 28.2 Å². The van der Waals surface area contributed by atoms with Gasteiger partial charge in [-0.1, -0.05) is 6.07 Å². The zero-order valence-electron chi connectivity index (χ0n) is 13.3. The van der Waals surface area contributed by atoms with Gasteiger partial charge in [-0.25, -0.2) is 9.18 Å². The minimum atomic E-state index is -1.16. The van der Waals surface area contributed by atoms with Crippen LogP contribution in [-0.2, 0) is 0 Å². The first-order valence-corrected chi connectivity index (χ1v) is 7.54. The number of rotatable bonds is 4. The Balaban J connectivity index is 2.14. The van der Waals surface area contributed by atoms with E-state index in [1.54, 1.807) is 0 Å². The van der Waals surface area contributed by atoms with Crippen molar-refractivity contribution >= 4 is 17.6 Å². The Bertz CT molecular complexity index is 1070. The van der Waals surface area contributed by atoms with Gasteiger partial charge in [-0.3, -0.25) is 14.2 Å². The molecular weight excluding hydrogens is 339 g/mol. The third-order valence-corrected chi connectivity index (χ3v) is 3.83. The van der Waals surface area contributed by atoms with E-state index in [1.807, 2.05) is 0 Å². The summed E-state index contributed by atoms with van der Waals surface area (Å²) in [5, 5.41) is 9.11. The molecule has 0 fully saturated rings. The van der Waals surface area contributed by atoms with E-state index in [1.165, 1.54) is 48.5 Å². The number of carbonyl (C=O) groups excluding carboxylic acids is 1. The normalized spacial score (nSPS) is 10.5. The maximum absolute atomic E-state index is 13.0. The van der Waals surface area contributed by atoms with Gasteiger partial charge in [0.1, 0.15) is 11.6 Å². The number of nitrogen functional groups attached to an aromatic ring is 1. The summed E-state index contributed by atoms with van der Waals surface area (Å²) < 4.78 is 14.1. The number of carboxylic acids is 1. The molecule has 0 atom stereocenters. The van der Waals surface area contributed by atoms with E-state index >= 15 is 0 Å². The summed E-state index contributed by atoms with van der Waals surface area (Å²) in [5.41, 5.74) is 5.98. The molecule has 0 unspecified atom stereocenters. The first-order valence-electron chi connectivity index (χ1n) is 7.54. The number of carbonyl (C=O) groups is 2. The number of hydrogen-bond acceptors (Lipinski definition) is 4. The van der Waals surface area contributed by atoms with Gasteiger partial charge >= 0.3 is 5.97 Å². The number of nitrogens with zero attached hydrogens (tertiary/aromatic N) is 1. The van der Waals surface area contributed by atoms with Crippen LogP contribution in [0.4, 0.5) is 10.2 Å². The van der Waals surface area contributed by atoms with Crippen molar-refractivity contribution in [2.24, 2.45) is 0 Å². The van der Waals surface area contributed by atoms with Gasteiger partial charge in [0.15, 0.2) is 5.78 Å². The van der Waals surface area contributed by atoms with E-state index < -0.39 is 23.1 Å². The summed E-state index contributed by atoms with van der Waals surface area (Å²) in [4.78, 5) is 36.0. The maximum Gasteiger partial charge on any atom is 0.335 e. The average Bonchev–Trinajstić information content (AvgIpc) is 2.62. The standard InChI is InChI=1S/C19H13FN2O4/c20-13-6-4-11(5-7-13)17(24)15-8-9-16(23)22(18(15)21)14-3-1-2-12(10-14)19(25)26/h1-10H,21H2,(H,25,26). The number of halogens is 1. The van der Waals surface area contributed by atoms with Gasteiger partial charge in [-0.2, -0.15) is 0 Å². The molecule has 0 radical (unpaired) electrons. The molecule has 0 aliphatic rings. The first-order chi connectivity index (χ1) is 12.4. The largest absolute Gasteiger partial charge is 0.478 e. The highest BCUT2D eigenvalue weighted by atomic mass is 19.1. The number of benzene rings is 2. The fourth-order valence-electron chi connectivity index (χ4n) is 2.55. The van der Waals surface area contributed by atoms with Gasteiger partial charge < -0.3 is 10.8 Å². The molecule has 1 aromatic heterocycles. The van der Waals surface area contributed by atoms with Crippen LogP contribution in [0.15, 0.2) is 65.5 Å². The summed E-state index contributed by atoms with van der Waals surface area (Å²) in [6.45, 7) is 0. The molecule has 0 amide bonds. The molecule has 3 N–H and O–H groups in total. The van der Waals surface area contributed by atoms with Crippen molar-refractivity contribution < 1.29 is 19.1 Å². The predicted molar refractivity (Wildman–Crippen MR) is 93.2 cm³/mol. The molecular formula is C19H13FN2O4. The Hall–Kier alpha value is -3.74. The summed E-state index contributed by atoms with van der Waals surface area (Å²) in [5.74, 6) is -2.25. The Kier molecular flexibility index (Phi) is 4.36. The number of nitrogens with two attached hydrogens (primary N) is 1. The number of hydrogen-bond donors (Lipinski definition) is 2. The molecule has 130 valence electrons. The molecule has 6 nitrogen and oxygen atoms in total. The van der Waals surface area contributed by atoms with Crippen molar-refractivity contribution in [1.82, 2.24) is 4.57 Å². The first kappa shape index (κ1) is 17.1. The molecule has 0 spiro atoms. The van der Waals surface area contributed by atoms with E-state index in [0.717, 1.165) is 16.7 Å². The van der Waals surface area contributed by atoms with Crippen molar-refractivity contribution in [2.75, 3.05) is 5.73 Å². The highest BCUT2D eigenvalue weighted by Crippen LogP contribution is 2.19. The molecule has 0 saturated heterocycles. The SMILES string of the molecule is Nc1c(C(=O)c2ccc(F)cc2)ccc(=O)n1-c1cccc(C(=O)O)c1. The fraction of sp³-hybridized carbons (Fsp3) is 0. The van der Waals surface area contributed by atoms with Crippen LogP contribution in [0.5, 0.6) is 0 Å². The molecule has 0 aliphatic heterocycles. The van der Waals surface area contributed by atoms with Crippen LogP contribution in [0.2, 0.25) is 0 Å². The molecule has 3 rings (SSSR count). The zero-order valence-corrected chi connectivity index (χ0v) is 13.3. The van der Waals surface area contributed by atoms with Crippen LogP contribution in [0.25, 0.3) is 5.69 Å². The number of carboxylic acid groups (broad SMARTS) is 1. The maximum atomic E-state index is 13.0. The van der Waals surface area contributed by atoms with Gasteiger partial charge in [0.2, 0.25) is 0 Å². The molecule has 3 aromatic rings. The summed E-state index contributed by atoms with van der Waals surface area (Å²) in [6.07, 6.45) is 0. The summed E-state index contributed by atoms with van der Waals surface area (Å²) in [6, 6.07) is 13.0. The monoisotopic (exact) mass is 352 g/mol. The van der Waals surface area contributed by atoms with Gasteiger partial charge in [0.05, 0.1) is 16.8 Å².